The third-order valence-corrected chi connectivity index (χ3v) is 2.12. The largest absolute Gasteiger partial charge is 0.463 e. The van der Waals surface area contributed by atoms with Gasteiger partial charge in [0.1, 0.15) is 5.58 Å². The van der Waals surface area contributed by atoms with Gasteiger partial charge >= 0.3 is 11.7 Å². The topological polar surface area (TPSA) is 82.6 Å². The van der Waals surface area contributed by atoms with E-state index >= 15 is 0 Å². The Bertz CT molecular complexity index is 572. The molecule has 0 aliphatic rings. The van der Waals surface area contributed by atoms with E-state index in [1.54, 1.807) is 18.2 Å². The zero-order valence-electron chi connectivity index (χ0n) is 8.30. The maximum atomic E-state index is 11.3. The van der Waals surface area contributed by atoms with Crippen LogP contribution in [-0.2, 0) is 4.74 Å². The van der Waals surface area contributed by atoms with Crippen LogP contribution in [0, 0.1) is 10.1 Å². The van der Waals surface area contributed by atoms with Crippen LogP contribution in [0.15, 0.2) is 28.7 Å². The lowest BCUT2D eigenvalue weighted by atomic mass is 10.2. The molecule has 0 radical (unpaired) electrons. The predicted molar refractivity (Wildman–Crippen MR) is 54.2 cm³/mol. The molecule has 16 heavy (non-hydrogen) atoms. The molecule has 1 aromatic heterocycles. The molecule has 0 atom stereocenters. The van der Waals surface area contributed by atoms with Gasteiger partial charge in [-0.2, -0.15) is 0 Å². The van der Waals surface area contributed by atoms with Crippen molar-refractivity contribution in [2.24, 2.45) is 0 Å². The highest BCUT2D eigenvalue weighted by Gasteiger charge is 2.29. The number of ether oxygens (including phenoxy) is 1. The summed E-state index contributed by atoms with van der Waals surface area (Å²) in [5, 5.41) is 11.1. The molecule has 2 aromatic rings. The van der Waals surface area contributed by atoms with E-state index in [4.69, 9.17) is 4.42 Å². The number of carbonyl (C=O) groups is 1. The zero-order chi connectivity index (χ0) is 11.7. The average molecular weight is 221 g/mol. The van der Waals surface area contributed by atoms with Crippen molar-refractivity contribution >= 4 is 22.6 Å². The van der Waals surface area contributed by atoms with E-state index in [1.165, 1.54) is 6.07 Å². The summed E-state index contributed by atoms with van der Waals surface area (Å²) in [6, 6.07) is 6.36. The van der Waals surface area contributed by atoms with E-state index in [0.717, 1.165) is 7.11 Å². The molecule has 6 nitrogen and oxygen atoms in total. The van der Waals surface area contributed by atoms with Gasteiger partial charge in [0.2, 0.25) is 0 Å². The Kier molecular flexibility index (Phi) is 2.32. The minimum atomic E-state index is -0.858. The summed E-state index contributed by atoms with van der Waals surface area (Å²) >= 11 is 0. The van der Waals surface area contributed by atoms with Gasteiger partial charge in [0.25, 0.3) is 5.76 Å². The molecule has 6 heteroatoms. The van der Waals surface area contributed by atoms with Crippen molar-refractivity contribution in [2.45, 2.75) is 0 Å². The van der Waals surface area contributed by atoms with Crippen LogP contribution in [0.4, 0.5) is 5.69 Å². The highest BCUT2D eigenvalue weighted by molar-refractivity contribution is 6.01. The molecule has 1 heterocycles. The first-order valence-corrected chi connectivity index (χ1v) is 4.39. The van der Waals surface area contributed by atoms with Crippen LogP contribution in [0.2, 0.25) is 0 Å². The molecule has 1 aromatic carbocycles. The van der Waals surface area contributed by atoms with Gasteiger partial charge in [0.05, 0.1) is 17.4 Å². The number of para-hydroxylation sites is 1. The molecule has 0 fully saturated rings. The second-order valence-corrected chi connectivity index (χ2v) is 3.02. The van der Waals surface area contributed by atoms with Gasteiger partial charge in [0.15, 0.2) is 0 Å². The Hall–Kier alpha value is -2.37. The SMILES string of the molecule is COC(=O)c1oc2ccccc2c1[N+](=O)[O-]. The molecule has 0 unspecified atom stereocenters. The molecule has 0 saturated heterocycles. The van der Waals surface area contributed by atoms with Crippen LogP contribution >= 0.6 is 0 Å². The predicted octanol–water partition coefficient (Wildman–Crippen LogP) is 2.13. The van der Waals surface area contributed by atoms with Crippen LogP contribution in [0.5, 0.6) is 0 Å². The van der Waals surface area contributed by atoms with Gasteiger partial charge in [-0.25, -0.2) is 4.79 Å². The average Bonchev–Trinajstić information content (AvgIpc) is 2.67. The number of furan rings is 1. The minimum absolute atomic E-state index is 0.285. The van der Waals surface area contributed by atoms with Gasteiger partial charge < -0.3 is 9.15 Å². The summed E-state index contributed by atoms with van der Waals surface area (Å²) in [6.45, 7) is 0. The fourth-order valence-corrected chi connectivity index (χ4v) is 1.44. The molecule has 2 rings (SSSR count). The molecular formula is C10H7NO5. The van der Waals surface area contributed by atoms with E-state index in [0.29, 0.717) is 0 Å². The zero-order valence-corrected chi connectivity index (χ0v) is 8.30. The van der Waals surface area contributed by atoms with Crippen molar-refractivity contribution in [1.29, 1.82) is 0 Å². The molecule has 82 valence electrons. The lowest BCUT2D eigenvalue weighted by Gasteiger charge is -1.92. The van der Waals surface area contributed by atoms with Crippen LogP contribution in [0.3, 0.4) is 0 Å². The second kappa shape index (κ2) is 3.65. The van der Waals surface area contributed by atoms with E-state index in [1.807, 2.05) is 0 Å². The van der Waals surface area contributed by atoms with Crippen molar-refractivity contribution in [3.63, 3.8) is 0 Å². The second-order valence-electron chi connectivity index (χ2n) is 3.02. The molecular weight excluding hydrogens is 214 g/mol. The fraction of sp³-hybridized carbons (Fsp3) is 0.100. The minimum Gasteiger partial charge on any atom is -0.463 e. The van der Waals surface area contributed by atoms with Crippen molar-refractivity contribution in [3.05, 3.63) is 40.1 Å². The lowest BCUT2D eigenvalue weighted by molar-refractivity contribution is -0.383. The number of fused-ring (bicyclic) bond motifs is 1. The Labute approximate surface area is 89.6 Å². The highest BCUT2D eigenvalue weighted by atomic mass is 16.6. The van der Waals surface area contributed by atoms with Gasteiger partial charge in [-0.15, -0.1) is 0 Å². The van der Waals surface area contributed by atoms with Crippen molar-refractivity contribution in [3.8, 4) is 0 Å². The normalized spacial score (nSPS) is 10.3. The van der Waals surface area contributed by atoms with E-state index in [9.17, 15) is 14.9 Å². The Morgan fingerprint density at radius 2 is 2.12 bits per heavy atom. The quantitative estimate of drug-likeness (QED) is 0.440. The third-order valence-electron chi connectivity index (χ3n) is 2.12. The summed E-state index contributed by atoms with van der Waals surface area (Å²) in [6.07, 6.45) is 0. The highest BCUT2D eigenvalue weighted by Crippen LogP contribution is 2.32. The van der Waals surface area contributed by atoms with Gasteiger partial charge in [0, 0.05) is 0 Å². The van der Waals surface area contributed by atoms with E-state index < -0.39 is 10.9 Å². The summed E-state index contributed by atoms with van der Waals surface area (Å²) in [5.74, 6) is -1.24. The number of hydrogen-bond acceptors (Lipinski definition) is 5. The van der Waals surface area contributed by atoms with Crippen LogP contribution in [0.25, 0.3) is 11.0 Å². The summed E-state index contributed by atoms with van der Waals surface area (Å²) < 4.78 is 9.52. The van der Waals surface area contributed by atoms with Gasteiger partial charge in [-0.05, 0) is 12.1 Å². The lowest BCUT2D eigenvalue weighted by Crippen LogP contribution is -2.02. The summed E-state index contributed by atoms with van der Waals surface area (Å²) in [7, 11) is 1.14. The summed E-state index contributed by atoms with van der Waals surface area (Å²) in [4.78, 5) is 21.5. The van der Waals surface area contributed by atoms with E-state index in [-0.39, 0.29) is 22.4 Å². The molecule has 0 amide bonds. The number of rotatable bonds is 2. The molecule has 0 N–H and O–H groups in total. The number of hydrogen-bond donors (Lipinski definition) is 0. The maximum absolute atomic E-state index is 11.3. The molecule has 0 bridgehead atoms. The monoisotopic (exact) mass is 221 g/mol. The number of nitrogens with zero attached hydrogens (tertiary/aromatic N) is 1. The molecule has 0 aliphatic carbocycles. The smallest absolute Gasteiger partial charge is 0.381 e. The van der Waals surface area contributed by atoms with Crippen molar-refractivity contribution in [1.82, 2.24) is 0 Å². The van der Waals surface area contributed by atoms with Crippen LogP contribution in [0.1, 0.15) is 10.6 Å². The number of carbonyl (C=O) groups excluding carboxylic acids is 1. The Morgan fingerprint density at radius 1 is 1.44 bits per heavy atom. The Balaban J connectivity index is 2.78. The van der Waals surface area contributed by atoms with Crippen LogP contribution < -0.4 is 0 Å². The van der Waals surface area contributed by atoms with Crippen LogP contribution in [-0.4, -0.2) is 18.0 Å². The first kappa shape index (κ1) is 10.2. The first-order valence-electron chi connectivity index (χ1n) is 4.39. The molecule has 0 saturated carbocycles. The van der Waals surface area contributed by atoms with Crippen molar-refractivity contribution in [2.75, 3.05) is 7.11 Å². The number of esters is 1. The maximum Gasteiger partial charge on any atom is 0.381 e. The third kappa shape index (κ3) is 1.40. The first-order chi connectivity index (χ1) is 7.65. The number of methoxy groups -OCH3 is 1. The number of nitro groups is 1. The molecule has 0 aliphatic heterocycles. The molecule has 0 spiro atoms. The number of benzene rings is 1. The van der Waals surface area contributed by atoms with Gasteiger partial charge in [-0.1, -0.05) is 12.1 Å². The standard InChI is InChI=1S/C10H7NO5/c1-15-10(12)9-8(11(13)14)6-4-2-3-5-7(6)16-9/h2-5H,1H3. The Morgan fingerprint density at radius 3 is 2.75 bits per heavy atom. The van der Waals surface area contributed by atoms with Gasteiger partial charge in [-0.3, -0.25) is 10.1 Å². The van der Waals surface area contributed by atoms with Crippen molar-refractivity contribution < 1.29 is 18.9 Å². The van der Waals surface area contributed by atoms with E-state index in [2.05, 4.69) is 4.74 Å². The summed E-state index contributed by atoms with van der Waals surface area (Å²) in [5.41, 5.74) is -0.0722. The fourth-order valence-electron chi connectivity index (χ4n) is 1.44.